The number of benzene rings is 1. The Morgan fingerprint density at radius 3 is 2.72 bits per heavy atom. The van der Waals surface area contributed by atoms with Gasteiger partial charge < -0.3 is 24.4 Å². The lowest BCUT2D eigenvalue weighted by Crippen LogP contribution is -2.38. The topological polar surface area (TPSA) is 85.8 Å². The quantitative estimate of drug-likeness (QED) is 0.440. The molecule has 3 aromatic rings. The summed E-state index contributed by atoms with van der Waals surface area (Å²) in [5.74, 6) is 1.67. The largest absolute Gasteiger partial charge is 0.466 e. The molecule has 1 saturated heterocycles. The molecule has 1 fully saturated rings. The number of nitrogens with zero attached hydrogens (tertiary/aromatic N) is 3. The van der Waals surface area contributed by atoms with E-state index < -0.39 is 11.1 Å². The van der Waals surface area contributed by atoms with Gasteiger partial charge in [-0.25, -0.2) is 4.98 Å². The Kier molecular flexibility index (Phi) is 6.78. The molecule has 5 rings (SSSR count). The van der Waals surface area contributed by atoms with Crippen molar-refractivity contribution in [2.45, 2.75) is 32.4 Å². The molecule has 0 unspecified atom stereocenters. The number of aromatic nitrogens is 2. The maximum Gasteiger partial charge on any atom is 0.425 e. The second kappa shape index (κ2) is 10.00. The van der Waals surface area contributed by atoms with E-state index in [-0.39, 0.29) is 23.5 Å². The molecule has 0 radical (unpaired) electrons. The number of halogens is 3. The number of esters is 1. The van der Waals surface area contributed by atoms with Crippen molar-refractivity contribution in [2.75, 3.05) is 43.3 Å². The van der Waals surface area contributed by atoms with Crippen molar-refractivity contribution < 1.29 is 32.2 Å². The third kappa shape index (κ3) is 5.13. The number of rotatable bonds is 7. The van der Waals surface area contributed by atoms with Gasteiger partial charge in [-0.05, 0) is 49.9 Å². The van der Waals surface area contributed by atoms with E-state index in [4.69, 9.17) is 14.2 Å². The Morgan fingerprint density at radius 2 is 1.97 bits per heavy atom. The zero-order valence-electron chi connectivity index (χ0n) is 19.6. The zero-order chi connectivity index (χ0) is 25.3. The van der Waals surface area contributed by atoms with Gasteiger partial charge in [0, 0.05) is 19.6 Å². The molecular weight excluding hydrogens is 497 g/mol. The Bertz CT molecular complexity index is 1260. The first-order valence-corrected chi connectivity index (χ1v) is 12.6. The molecule has 1 N–H and O–H groups in total. The van der Waals surface area contributed by atoms with Crippen LogP contribution in [0.25, 0.3) is 10.2 Å². The average molecular weight is 523 g/mol. The second-order valence-corrected chi connectivity index (χ2v) is 9.61. The number of hydrogen-bond donors (Lipinski definition) is 1. The molecule has 8 nitrogen and oxygen atoms in total. The summed E-state index contributed by atoms with van der Waals surface area (Å²) < 4.78 is 56.2. The molecule has 12 heteroatoms. The van der Waals surface area contributed by atoms with Crippen LogP contribution in [0.3, 0.4) is 0 Å². The Balaban J connectivity index is 1.35. The highest BCUT2D eigenvalue weighted by atomic mass is 32.1. The summed E-state index contributed by atoms with van der Waals surface area (Å²) in [5.41, 5.74) is 1.000. The Labute approximate surface area is 209 Å². The number of thiophene rings is 1. The fourth-order valence-corrected chi connectivity index (χ4v) is 5.22. The molecule has 192 valence electrons. The predicted octanol–water partition coefficient (Wildman–Crippen LogP) is 4.87. The summed E-state index contributed by atoms with van der Waals surface area (Å²) in [6, 6.07) is 6.76. The summed E-state index contributed by atoms with van der Waals surface area (Å²) in [6.45, 7) is 3.78. The molecule has 0 bridgehead atoms. The molecule has 0 atom stereocenters. The van der Waals surface area contributed by atoms with Crippen LogP contribution in [0.5, 0.6) is 11.5 Å². The molecule has 0 saturated carbocycles. The maximum atomic E-state index is 13.4. The Hall–Kier alpha value is -3.28. The fourth-order valence-electron chi connectivity index (χ4n) is 4.32. The van der Waals surface area contributed by atoms with Gasteiger partial charge in [-0.3, -0.25) is 4.79 Å². The van der Waals surface area contributed by atoms with Crippen LogP contribution < -0.4 is 19.7 Å². The van der Waals surface area contributed by atoms with Crippen molar-refractivity contribution in [2.24, 2.45) is 5.92 Å². The van der Waals surface area contributed by atoms with E-state index in [1.807, 2.05) is 23.1 Å². The summed E-state index contributed by atoms with van der Waals surface area (Å²) in [7, 11) is 0. The number of ether oxygens (including phenoxy) is 3. The monoisotopic (exact) mass is 522 g/mol. The number of alkyl halides is 3. The second-order valence-electron chi connectivity index (χ2n) is 8.58. The predicted molar refractivity (Wildman–Crippen MR) is 129 cm³/mol. The lowest BCUT2D eigenvalue weighted by molar-refractivity contribution is -0.148. The normalized spacial score (nSPS) is 15.9. The molecule has 0 spiro atoms. The lowest BCUT2D eigenvalue weighted by Gasteiger charge is -2.31. The number of fused-ring (bicyclic) bond motifs is 2. The summed E-state index contributed by atoms with van der Waals surface area (Å²) in [6.07, 6.45) is -2.71. The molecule has 0 aliphatic carbocycles. The van der Waals surface area contributed by atoms with E-state index in [1.165, 1.54) is 0 Å². The molecule has 2 aromatic heterocycles. The summed E-state index contributed by atoms with van der Waals surface area (Å²) in [4.78, 5) is 22.6. The van der Waals surface area contributed by atoms with Gasteiger partial charge in [0.2, 0.25) is 12.7 Å². The number of carbonyl (C=O) groups is 1. The van der Waals surface area contributed by atoms with Gasteiger partial charge in [0.05, 0.1) is 17.9 Å². The molecule has 1 aromatic carbocycles. The van der Waals surface area contributed by atoms with E-state index >= 15 is 0 Å². The first-order valence-electron chi connectivity index (χ1n) is 11.7. The molecule has 2 aliphatic rings. The van der Waals surface area contributed by atoms with Gasteiger partial charge in [-0.15, -0.1) is 11.3 Å². The van der Waals surface area contributed by atoms with Crippen LogP contribution in [0, 0.1) is 5.92 Å². The SMILES string of the molecule is CCOC(=O)C1CCN(c2nc(NCCc3ccc4c(c3)OCO4)c3cc(C(F)(F)F)sc3n2)CC1. The highest BCUT2D eigenvalue weighted by molar-refractivity contribution is 7.18. The van der Waals surface area contributed by atoms with E-state index in [0.717, 1.165) is 11.6 Å². The van der Waals surface area contributed by atoms with Gasteiger partial charge in [0.25, 0.3) is 0 Å². The van der Waals surface area contributed by atoms with Crippen LogP contribution >= 0.6 is 11.3 Å². The first kappa shape index (κ1) is 24.4. The molecule has 0 amide bonds. The number of carbonyl (C=O) groups excluding carboxylic acids is 1. The number of hydrogen-bond acceptors (Lipinski definition) is 9. The van der Waals surface area contributed by atoms with Crippen molar-refractivity contribution in [3.05, 3.63) is 34.7 Å². The average Bonchev–Trinajstić information content (AvgIpc) is 3.51. The minimum absolute atomic E-state index is 0.190. The molecule has 36 heavy (non-hydrogen) atoms. The molecule has 4 heterocycles. The van der Waals surface area contributed by atoms with E-state index in [1.54, 1.807) is 6.92 Å². The van der Waals surface area contributed by atoms with Gasteiger partial charge in [-0.1, -0.05) is 6.07 Å². The van der Waals surface area contributed by atoms with Crippen molar-refractivity contribution in [3.8, 4) is 11.5 Å². The smallest absolute Gasteiger partial charge is 0.425 e. The van der Waals surface area contributed by atoms with E-state index in [2.05, 4.69) is 15.3 Å². The van der Waals surface area contributed by atoms with Crippen LogP contribution in [-0.2, 0) is 22.1 Å². The van der Waals surface area contributed by atoms with Crippen molar-refractivity contribution >= 4 is 39.3 Å². The number of anilines is 2. The summed E-state index contributed by atoms with van der Waals surface area (Å²) in [5, 5.41) is 3.54. The van der Waals surface area contributed by atoms with Crippen molar-refractivity contribution in [1.29, 1.82) is 0 Å². The van der Waals surface area contributed by atoms with Crippen molar-refractivity contribution in [3.63, 3.8) is 0 Å². The first-order chi connectivity index (χ1) is 17.3. The van der Waals surface area contributed by atoms with Crippen LogP contribution in [0.1, 0.15) is 30.2 Å². The minimum Gasteiger partial charge on any atom is -0.466 e. The summed E-state index contributed by atoms with van der Waals surface area (Å²) >= 11 is 0.605. The van der Waals surface area contributed by atoms with Gasteiger partial charge >= 0.3 is 12.1 Å². The Morgan fingerprint density at radius 1 is 1.19 bits per heavy atom. The number of piperidine rings is 1. The van der Waals surface area contributed by atoms with Crippen LogP contribution in [0.2, 0.25) is 0 Å². The lowest BCUT2D eigenvalue weighted by atomic mass is 9.97. The van der Waals surface area contributed by atoms with Gasteiger partial charge in [0.1, 0.15) is 15.5 Å². The standard InChI is InChI=1S/C24H25F3N4O4S/c1-2-33-22(32)15-6-9-31(10-7-15)23-29-20(16-12-19(24(25,26)27)36-21(16)30-23)28-8-5-14-3-4-17-18(11-14)35-13-34-17/h3-4,11-12,15H,2,5-10,13H2,1H3,(H,28,29,30). The third-order valence-corrected chi connectivity index (χ3v) is 7.27. The highest BCUT2D eigenvalue weighted by Crippen LogP contribution is 2.40. The van der Waals surface area contributed by atoms with Crippen LogP contribution in [0.4, 0.5) is 24.9 Å². The van der Waals surface area contributed by atoms with Crippen LogP contribution in [0.15, 0.2) is 24.3 Å². The van der Waals surface area contributed by atoms with Gasteiger partial charge in [0.15, 0.2) is 11.5 Å². The van der Waals surface area contributed by atoms with Crippen LogP contribution in [-0.4, -0.2) is 49.0 Å². The highest BCUT2D eigenvalue weighted by Gasteiger charge is 2.34. The third-order valence-electron chi connectivity index (χ3n) is 6.20. The maximum absolute atomic E-state index is 13.4. The molecule has 2 aliphatic heterocycles. The number of nitrogens with one attached hydrogen (secondary N) is 1. The zero-order valence-corrected chi connectivity index (χ0v) is 20.4. The minimum atomic E-state index is -4.47. The van der Waals surface area contributed by atoms with Gasteiger partial charge in [-0.2, -0.15) is 18.2 Å². The van der Waals surface area contributed by atoms with E-state index in [0.29, 0.717) is 85.5 Å². The fraction of sp³-hybridized carbons (Fsp3) is 0.458. The van der Waals surface area contributed by atoms with E-state index in [9.17, 15) is 18.0 Å². The van der Waals surface area contributed by atoms with Crippen molar-refractivity contribution in [1.82, 2.24) is 9.97 Å². The molecular formula is C24H25F3N4O4S.